The minimum absolute atomic E-state index is 0. The van der Waals surface area contributed by atoms with Gasteiger partial charge in [0.2, 0.25) is 10.0 Å². The van der Waals surface area contributed by atoms with Crippen LogP contribution in [0.15, 0.2) is 34.2 Å². The second-order valence-electron chi connectivity index (χ2n) is 6.07. The molecule has 9 heteroatoms. The first-order chi connectivity index (χ1) is 12.6. The Morgan fingerprint density at radius 3 is 2.41 bits per heavy atom. The van der Waals surface area contributed by atoms with Crippen LogP contribution in [0.4, 0.5) is 0 Å². The Hall–Kier alpha value is -0.910. The molecule has 2 N–H and O–H groups in total. The van der Waals surface area contributed by atoms with E-state index in [4.69, 9.17) is 4.74 Å². The summed E-state index contributed by atoms with van der Waals surface area (Å²) in [5.74, 6) is 0.723. The molecule has 0 radical (unpaired) electrons. The van der Waals surface area contributed by atoms with Crippen LogP contribution < -0.4 is 10.6 Å². The van der Waals surface area contributed by atoms with Crippen LogP contribution in [0.1, 0.15) is 32.3 Å². The Labute approximate surface area is 180 Å². The molecule has 1 fully saturated rings. The predicted molar refractivity (Wildman–Crippen MR) is 119 cm³/mol. The van der Waals surface area contributed by atoms with Crippen LogP contribution in [0.5, 0.6) is 0 Å². The van der Waals surface area contributed by atoms with Gasteiger partial charge in [-0.25, -0.2) is 13.4 Å². The number of guanidine groups is 1. The molecule has 1 heterocycles. The van der Waals surface area contributed by atoms with E-state index < -0.39 is 10.0 Å². The lowest BCUT2D eigenvalue weighted by molar-refractivity contribution is 0.152. The Balaban J connectivity index is 0.00000364. The summed E-state index contributed by atoms with van der Waals surface area (Å²) in [4.78, 5) is 4.89. The molecule has 0 aromatic heterocycles. The molecular formula is C18H31IN4O3S. The number of nitrogens with one attached hydrogen (secondary N) is 2. The molecule has 1 aliphatic heterocycles. The maximum atomic E-state index is 12.5. The van der Waals surface area contributed by atoms with E-state index in [1.165, 1.54) is 0 Å². The number of aliphatic imine (C=N–C) groups is 1. The first kappa shape index (κ1) is 24.1. The molecule has 27 heavy (non-hydrogen) atoms. The minimum Gasteiger partial charge on any atom is -0.380 e. The van der Waals surface area contributed by atoms with E-state index in [2.05, 4.69) is 15.6 Å². The van der Waals surface area contributed by atoms with Crippen molar-refractivity contribution in [3.8, 4) is 0 Å². The summed E-state index contributed by atoms with van der Waals surface area (Å²) in [5.41, 5.74) is 0.965. The molecule has 0 spiro atoms. The van der Waals surface area contributed by atoms with Gasteiger partial charge in [-0.3, -0.25) is 0 Å². The summed E-state index contributed by atoms with van der Waals surface area (Å²) in [5, 5.41) is 6.39. The van der Waals surface area contributed by atoms with Gasteiger partial charge in [-0.2, -0.15) is 4.31 Å². The largest absolute Gasteiger partial charge is 0.380 e. The van der Waals surface area contributed by atoms with Gasteiger partial charge in [0, 0.05) is 32.8 Å². The number of benzene rings is 1. The third-order valence-corrected chi connectivity index (χ3v) is 6.05. The number of halogens is 1. The smallest absolute Gasteiger partial charge is 0.243 e. The average molecular weight is 510 g/mol. The molecule has 0 unspecified atom stereocenters. The highest BCUT2D eigenvalue weighted by Crippen LogP contribution is 2.21. The van der Waals surface area contributed by atoms with Gasteiger partial charge >= 0.3 is 0 Å². The highest BCUT2D eigenvalue weighted by atomic mass is 127. The first-order valence-electron chi connectivity index (χ1n) is 9.27. The van der Waals surface area contributed by atoms with Gasteiger partial charge in [0.15, 0.2) is 5.96 Å². The Morgan fingerprint density at radius 2 is 1.81 bits per heavy atom. The predicted octanol–water partition coefficient (Wildman–Crippen LogP) is 2.18. The van der Waals surface area contributed by atoms with Gasteiger partial charge in [0.25, 0.3) is 0 Å². The number of hydrogen-bond acceptors (Lipinski definition) is 4. The highest BCUT2D eigenvalue weighted by Gasteiger charge is 2.26. The fraction of sp³-hybridized carbons (Fsp3) is 0.611. The van der Waals surface area contributed by atoms with Crippen LogP contribution in [0.2, 0.25) is 0 Å². The van der Waals surface area contributed by atoms with E-state index in [9.17, 15) is 8.42 Å². The summed E-state index contributed by atoms with van der Waals surface area (Å²) in [6, 6.07) is 7.01. The van der Waals surface area contributed by atoms with Gasteiger partial charge < -0.3 is 15.4 Å². The van der Waals surface area contributed by atoms with Gasteiger partial charge in [0.05, 0.1) is 18.0 Å². The van der Waals surface area contributed by atoms with Crippen LogP contribution in [-0.4, -0.2) is 58.1 Å². The lowest BCUT2D eigenvalue weighted by Gasteiger charge is -2.15. The lowest BCUT2D eigenvalue weighted by Crippen LogP contribution is -2.39. The van der Waals surface area contributed by atoms with Crippen LogP contribution >= 0.6 is 24.0 Å². The summed E-state index contributed by atoms with van der Waals surface area (Å²) in [6.45, 7) is 8.48. The van der Waals surface area contributed by atoms with E-state index in [-0.39, 0.29) is 24.0 Å². The molecule has 2 rings (SSSR count). The normalized spacial score (nSPS) is 15.4. The molecular weight excluding hydrogens is 479 g/mol. The number of nitrogens with zero attached hydrogens (tertiary/aromatic N) is 2. The van der Waals surface area contributed by atoms with Crippen molar-refractivity contribution in [1.82, 2.24) is 14.9 Å². The first-order valence-corrected chi connectivity index (χ1v) is 10.7. The fourth-order valence-corrected chi connectivity index (χ4v) is 4.26. The molecule has 0 atom stereocenters. The van der Waals surface area contributed by atoms with Crippen molar-refractivity contribution in [3.05, 3.63) is 29.8 Å². The van der Waals surface area contributed by atoms with E-state index in [1.807, 2.05) is 26.0 Å². The van der Waals surface area contributed by atoms with Crippen molar-refractivity contribution in [1.29, 1.82) is 0 Å². The van der Waals surface area contributed by atoms with E-state index in [1.54, 1.807) is 16.4 Å². The number of rotatable bonds is 9. The van der Waals surface area contributed by atoms with E-state index >= 15 is 0 Å². The minimum atomic E-state index is -3.35. The summed E-state index contributed by atoms with van der Waals surface area (Å²) in [7, 11) is -3.35. The molecule has 0 aliphatic carbocycles. The maximum Gasteiger partial charge on any atom is 0.243 e. The fourth-order valence-electron chi connectivity index (χ4n) is 2.74. The lowest BCUT2D eigenvalue weighted by atomic mass is 10.2. The maximum absolute atomic E-state index is 12.5. The zero-order chi connectivity index (χ0) is 18.8. The molecule has 7 nitrogen and oxygen atoms in total. The van der Waals surface area contributed by atoms with E-state index in [0.717, 1.165) is 30.9 Å². The Bertz CT molecular complexity index is 674. The Morgan fingerprint density at radius 1 is 1.15 bits per heavy atom. The molecule has 1 aromatic rings. The van der Waals surface area contributed by atoms with Gasteiger partial charge in [-0.05, 0) is 44.4 Å². The van der Waals surface area contributed by atoms with Crippen molar-refractivity contribution in [2.75, 3.05) is 39.4 Å². The van der Waals surface area contributed by atoms with Crippen molar-refractivity contribution in [3.63, 3.8) is 0 Å². The zero-order valence-electron chi connectivity index (χ0n) is 16.1. The van der Waals surface area contributed by atoms with Crippen molar-refractivity contribution >= 4 is 40.0 Å². The van der Waals surface area contributed by atoms with Crippen molar-refractivity contribution in [2.24, 2.45) is 4.99 Å². The Kier molecular flexibility index (Phi) is 11.2. The second kappa shape index (κ2) is 12.5. The third-order valence-electron chi connectivity index (χ3n) is 4.13. The number of sulfonamides is 1. The number of hydrogen-bond donors (Lipinski definition) is 2. The van der Waals surface area contributed by atoms with Crippen LogP contribution in [0, 0.1) is 0 Å². The standard InChI is InChI=1S/C18H30N4O3S.HI/c1-3-19-18(20-11-14-25-4-2)21-15-16-7-9-17(10-8-16)26(23,24)22-12-5-6-13-22;/h7-10H,3-6,11-15H2,1-2H3,(H2,19,20,21);1H. The average Bonchev–Trinajstić information content (AvgIpc) is 3.19. The molecule has 1 aliphatic rings. The summed E-state index contributed by atoms with van der Waals surface area (Å²) < 4.78 is 31.9. The van der Waals surface area contributed by atoms with E-state index in [0.29, 0.717) is 44.3 Å². The highest BCUT2D eigenvalue weighted by molar-refractivity contribution is 14.0. The van der Waals surface area contributed by atoms with Gasteiger partial charge in [0.1, 0.15) is 0 Å². The quantitative estimate of drug-likeness (QED) is 0.230. The molecule has 0 amide bonds. The molecule has 1 aromatic carbocycles. The SMILES string of the molecule is CCNC(=NCc1ccc(S(=O)(=O)N2CCCC2)cc1)NCCOCC.I. The number of ether oxygens (including phenoxy) is 1. The van der Waals surface area contributed by atoms with Crippen molar-refractivity contribution < 1.29 is 13.2 Å². The topological polar surface area (TPSA) is 83.0 Å². The molecule has 154 valence electrons. The van der Waals surface area contributed by atoms with Crippen molar-refractivity contribution in [2.45, 2.75) is 38.1 Å². The monoisotopic (exact) mass is 510 g/mol. The van der Waals surface area contributed by atoms with Crippen LogP contribution in [0.3, 0.4) is 0 Å². The molecule has 1 saturated heterocycles. The summed E-state index contributed by atoms with van der Waals surface area (Å²) in [6.07, 6.45) is 1.88. The van der Waals surface area contributed by atoms with Crippen LogP contribution in [0.25, 0.3) is 0 Å². The zero-order valence-corrected chi connectivity index (χ0v) is 19.3. The van der Waals surface area contributed by atoms with Gasteiger partial charge in [-0.15, -0.1) is 24.0 Å². The van der Waals surface area contributed by atoms with Gasteiger partial charge in [-0.1, -0.05) is 12.1 Å². The third kappa shape index (κ3) is 7.55. The summed E-state index contributed by atoms with van der Waals surface area (Å²) >= 11 is 0. The second-order valence-corrected chi connectivity index (χ2v) is 8.01. The molecule has 0 bridgehead atoms. The molecule has 0 saturated carbocycles. The van der Waals surface area contributed by atoms with Crippen LogP contribution in [-0.2, 0) is 21.3 Å².